The van der Waals surface area contributed by atoms with Crippen molar-refractivity contribution < 1.29 is 9.59 Å². The van der Waals surface area contributed by atoms with E-state index in [2.05, 4.69) is 70.1 Å². The molecular formula is C29H33N3O2. The van der Waals surface area contributed by atoms with E-state index in [4.69, 9.17) is 0 Å². The Labute approximate surface area is 202 Å². The van der Waals surface area contributed by atoms with Gasteiger partial charge in [-0.2, -0.15) is 0 Å². The molecule has 0 aliphatic carbocycles. The van der Waals surface area contributed by atoms with Crippen molar-refractivity contribution in [2.24, 2.45) is 0 Å². The number of nitrogens with zero attached hydrogens (tertiary/aromatic N) is 1. The number of anilines is 1. The van der Waals surface area contributed by atoms with Crippen molar-refractivity contribution in [1.82, 2.24) is 10.2 Å². The van der Waals surface area contributed by atoms with Crippen molar-refractivity contribution in [2.75, 3.05) is 25.0 Å². The van der Waals surface area contributed by atoms with Crippen molar-refractivity contribution in [1.29, 1.82) is 0 Å². The van der Waals surface area contributed by atoms with E-state index in [0.29, 0.717) is 25.6 Å². The number of hydrogen-bond donors (Lipinski definition) is 2. The molecule has 1 aliphatic heterocycles. The van der Waals surface area contributed by atoms with Gasteiger partial charge in [0.25, 0.3) is 0 Å². The van der Waals surface area contributed by atoms with Gasteiger partial charge in [0.1, 0.15) is 0 Å². The summed E-state index contributed by atoms with van der Waals surface area (Å²) in [6, 6.07) is 27.2. The lowest BCUT2D eigenvalue weighted by atomic mass is 9.87. The highest BCUT2D eigenvalue weighted by atomic mass is 16.2. The first kappa shape index (κ1) is 23.7. The first-order valence-corrected chi connectivity index (χ1v) is 12.1. The third-order valence-electron chi connectivity index (χ3n) is 6.43. The highest BCUT2D eigenvalue weighted by molar-refractivity contribution is 5.89. The van der Waals surface area contributed by atoms with Crippen molar-refractivity contribution in [2.45, 2.75) is 38.6 Å². The molecule has 2 N–H and O–H groups in total. The minimum Gasteiger partial charge on any atom is -0.355 e. The SMILES string of the molecule is CC(=O)Nc1cccc2c1CN(CC(=O)NCCCC(c1ccccc1)c1ccccc1)CC2. The molecule has 0 radical (unpaired) electrons. The number of hydrogen-bond acceptors (Lipinski definition) is 3. The van der Waals surface area contributed by atoms with Crippen LogP contribution in [0.2, 0.25) is 0 Å². The number of rotatable bonds is 9. The Kier molecular flexibility index (Phi) is 8.10. The van der Waals surface area contributed by atoms with E-state index in [0.717, 1.165) is 37.1 Å². The summed E-state index contributed by atoms with van der Waals surface area (Å²) in [5.41, 5.74) is 5.83. The fraction of sp³-hybridized carbons (Fsp3) is 0.310. The van der Waals surface area contributed by atoms with Crippen LogP contribution in [0.4, 0.5) is 5.69 Å². The van der Waals surface area contributed by atoms with E-state index >= 15 is 0 Å². The first-order valence-electron chi connectivity index (χ1n) is 12.1. The summed E-state index contributed by atoms with van der Waals surface area (Å²) in [5.74, 6) is 0.300. The molecule has 3 aromatic carbocycles. The first-order chi connectivity index (χ1) is 16.6. The third-order valence-corrected chi connectivity index (χ3v) is 6.43. The molecule has 176 valence electrons. The molecule has 5 nitrogen and oxygen atoms in total. The predicted molar refractivity (Wildman–Crippen MR) is 137 cm³/mol. The number of amides is 2. The molecule has 2 amide bonds. The van der Waals surface area contributed by atoms with Gasteiger partial charge in [0.15, 0.2) is 0 Å². The van der Waals surface area contributed by atoms with Gasteiger partial charge in [-0.1, -0.05) is 72.8 Å². The van der Waals surface area contributed by atoms with Gasteiger partial charge in [-0.25, -0.2) is 0 Å². The van der Waals surface area contributed by atoms with Gasteiger partial charge in [-0.05, 0) is 47.6 Å². The number of fused-ring (bicyclic) bond motifs is 1. The summed E-state index contributed by atoms with van der Waals surface area (Å²) in [6.45, 7) is 4.07. The van der Waals surface area contributed by atoms with E-state index in [9.17, 15) is 9.59 Å². The third kappa shape index (κ3) is 6.33. The fourth-order valence-electron chi connectivity index (χ4n) is 4.77. The van der Waals surface area contributed by atoms with Crippen LogP contribution in [0.3, 0.4) is 0 Å². The van der Waals surface area contributed by atoms with Gasteiger partial charge in [-0.3, -0.25) is 14.5 Å². The van der Waals surface area contributed by atoms with Gasteiger partial charge < -0.3 is 10.6 Å². The Balaban J connectivity index is 1.28. The zero-order valence-corrected chi connectivity index (χ0v) is 19.8. The van der Waals surface area contributed by atoms with Crippen LogP contribution in [0.15, 0.2) is 78.9 Å². The molecule has 34 heavy (non-hydrogen) atoms. The molecule has 1 heterocycles. The van der Waals surface area contributed by atoms with Crippen molar-refractivity contribution in [3.05, 3.63) is 101 Å². The standard InChI is InChI=1S/C29H33N3O2/c1-22(33)31-28-16-8-14-25-17-19-32(20-27(25)28)21-29(34)30-18-9-15-26(23-10-4-2-5-11-23)24-12-6-3-7-13-24/h2-8,10-14,16,26H,9,15,17-21H2,1H3,(H,30,34)(H,31,33). The highest BCUT2D eigenvalue weighted by Gasteiger charge is 2.21. The maximum absolute atomic E-state index is 12.6. The van der Waals surface area contributed by atoms with E-state index in [1.165, 1.54) is 23.6 Å². The normalized spacial score (nSPS) is 13.4. The van der Waals surface area contributed by atoms with E-state index in [1.54, 1.807) is 0 Å². The van der Waals surface area contributed by atoms with E-state index < -0.39 is 0 Å². The van der Waals surface area contributed by atoms with Crippen LogP contribution in [-0.2, 0) is 22.6 Å². The zero-order chi connectivity index (χ0) is 23.8. The van der Waals surface area contributed by atoms with Gasteiger partial charge >= 0.3 is 0 Å². The average molecular weight is 456 g/mol. The van der Waals surface area contributed by atoms with Crippen LogP contribution in [0.1, 0.15) is 47.9 Å². The molecule has 0 saturated heterocycles. The maximum atomic E-state index is 12.6. The second-order valence-electron chi connectivity index (χ2n) is 8.95. The van der Waals surface area contributed by atoms with Crippen LogP contribution in [0.25, 0.3) is 0 Å². The summed E-state index contributed by atoms with van der Waals surface area (Å²) in [7, 11) is 0. The smallest absolute Gasteiger partial charge is 0.234 e. The van der Waals surface area contributed by atoms with Crippen LogP contribution < -0.4 is 10.6 Å². The molecule has 0 unspecified atom stereocenters. The second kappa shape index (κ2) is 11.6. The minimum absolute atomic E-state index is 0.0523. The van der Waals surface area contributed by atoms with Gasteiger partial charge in [-0.15, -0.1) is 0 Å². The Hall–Kier alpha value is -3.44. The predicted octanol–water partition coefficient (Wildman–Crippen LogP) is 4.73. The number of carbonyl (C=O) groups excluding carboxylic acids is 2. The summed E-state index contributed by atoms with van der Waals surface area (Å²) < 4.78 is 0. The number of nitrogens with one attached hydrogen (secondary N) is 2. The van der Waals surface area contributed by atoms with E-state index in [1.807, 2.05) is 24.3 Å². The second-order valence-corrected chi connectivity index (χ2v) is 8.95. The summed E-state index contributed by atoms with van der Waals surface area (Å²) in [4.78, 5) is 26.3. The Morgan fingerprint density at radius 1 is 0.912 bits per heavy atom. The Bertz CT molecular complexity index is 1060. The zero-order valence-electron chi connectivity index (χ0n) is 19.8. The minimum atomic E-state index is -0.0763. The summed E-state index contributed by atoms with van der Waals surface area (Å²) in [6.07, 6.45) is 2.77. The van der Waals surface area contributed by atoms with Gasteiger partial charge in [0.05, 0.1) is 6.54 Å². The van der Waals surface area contributed by atoms with Crippen molar-refractivity contribution in [3.8, 4) is 0 Å². The summed E-state index contributed by atoms with van der Waals surface area (Å²) >= 11 is 0. The van der Waals surface area contributed by atoms with Crippen LogP contribution in [0.5, 0.6) is 0 Å². The molecule has 4 rings (SSSR count). The van der Waals surface area contributed by atoms with E-state index in [-0.39, 0.29) is 11.8 Å². The van der Waals surface area contributed by atoms with Gasteiger partial charge in [0, 0.05) is 38.2 Å². The molecule has 1 aliphatic rings. The Morgan fingerprint density at radius 3 is 2.24 bits per heavy atom. The number of benzene rings is 3. The van der Waals surface area contributed by atoms with Crippen molar-refractivity contribution >= 4 is 17.5 Å². The molecule has 5 heteroatoms. The Morgan fingerprint density at radius 2 is 1.59 bits per heavy atom. The fourth-order valence-corrected chi connectivity index (χ4v) is 4.77. The topological polar surface area (TPSA) is 61.4 Å². The van der Waals surface area contributed by atoms with Crippen LogP contribution >= 0.6 is 0 Å². The number of carbonyl (C=O) groups is 2. The molecule has 0 aromatic heterocycles. The lowest BCUT2D eigenvalue weighted by molar-refractivity contribution is -0.122. The monoisotopic (exact) mass is 455 g/mol. The lowest BCUT2D eigenvalue weighted by Gasteiger charge is -2.29. The van der Waals surface area contributed by atoms with Crippen LogP contribution in [-0.4, -0.2) is 36.3 Å². The largest absolute Gasteiger partial charge is 0.355 e. The molecule has 0 atom stereocenters. The summed E-state index contributed by atoms with van der Waals surface area (Å²) in [5, 5.41) is 6.03. The quantitative estimate of drug-likeness (QED) is 0.459. The van der Waals surface area contributed by atoms with Crippen LogP contribution in [0, 0.1) is 0 Å². The highest BCUT2D eigenvalue weighted by Crippen LogP contribution is 2.29. The molecule has 0 saturated carbocycles. The molecule has 3 aromatic rings. The van der Waals surface area contributed by atoms with Crippen molar-refractivity contribution in [3.63, 3.8) is 0 Å². The molecule has 0 bridgehead atoms. The molecular weight excluding hydrogens is 422 g/mol. The lowest BCUT2D eigenvalue weighted by Crippen LogP contribution is -2.40. The molecule has 0 fully saturated rings. The maximum Gasteiger partial charge on any atom is 0.234 e. The van der Waals surface area contributed by atoms with Gasteiger partial charge in [0.2, 0.25) is 11.8 Å². The average Bonchev–Trinajstić information content (AvgIpc) is 2.85. The molecule has 0 spiro atoms.